The number of benzene rings is 1. The van der Waals surface area contributed by atoms with Crippen LogP contribution < -0.4 is 0 Å². The maximum atomic E-state index is 10.7. The smallest absolute Gasteiger partial charge is 0.137 e. The topological polar surface area (TPSA) is 52.1 Å². The van der Waals surface area contributed by atoms with Gasteiger partial charge in [-0.1, -0.05) is 37.3 Å². The van der Waals surface area contributed by atoms with Crippen LogP contribution in [0.15, 0.2) is 54.9 Å². The Labute approximate surface area is 154 Å². The minimum absolute atomic E-state index is 0.161. The number of likely N-dealkylation sites (tertiary alicyclic amines) is 1. The number of pyridine rings is 1. The molecular weight excluding hydrogens is 322 g/mol. The van der Waals surface area contributed by atoms with Crippen molar-refractivity contribution in [1.29, 1.82) is 0 Å². The average Bonchev–Trinajstić information content (AvgIpc) is 3.13. The number of aromatic amines is 1. The lowest BCUT2D eigenvalue weighted by molar-refractivity contribution is 0.0814. The molecule has 136 valence electrons. The molecule has 4 rings (SSSR count). The number of aliphatic hydroxyl groups is 1. The molecule has 26 heavy (non-hydrogen) atoms. The van der Waals surface area contributed by atoms with Crippen LogP contribution in [-0.2, 0) is 0 Å². The van der Waals surface area contributed by atoms with E-state index in [-0.39, 0.29) is 12.0 Å². The molecule has 2 N–H and O–H groups in total. The lowest BCUT2D eigenvalue weighted by Gasteiger charge is -2.34. The molecular formula is C22H27N3O. The van der Waals surface area contributed by atoms with Crippen molar-refractivity contribution in [1.82, 2.24) is 14.9 Å². The molecule has 3 aromatic rings. The van der Waals surface area contributed by atoms with Gasteiger partial charge in [0.2, 0.25) is 0 Å². The maximum Gasteiger partial charge on any atom is 0.137 e. The van der Waals surface area contributed by atoms with E-state index in [2.05, 4.69) is 46.2 Å². The molecule has 4 nitrogen and oxygen atoms in total. The molecule has 0 aliphatic carbocycles. The van der Waals surface area contributed by atoms with Crippen LogP contribution in [0.5, 0.6) is 0 Å². The second-order valence-electron chi connectivity index (χ2n) is 7.49. The molecule has 3 heterocycles. The van der Waals surface area contributed by atoms with Crippen molar-refractivity contribution in [2.45, 2.75) is 37.7 Å². The van der Waals surface area contributed by atoms with Crippen LogP contribution in [0.25, 0.3) is 11.0 Å². The molecule has 0 unspecified atom stereocenters. The number of hydrogen-bond donors (Lipinski definition) is 2. The minimum atomic E-state index is -0.328. The summed E-state index contributed by atoms with van der Waals surface area (Å²) in [6.07, 6.45) is 5.90. The van der Waals surface area contributed by atoms with Gasteiger partial charge in [-0.2, -0.15) is 0 Å². The Morgan fingerprint density at radius 2 is 1.92 bits per heavy atom. The van der Waals surface area contributed by atoms with Crippen LogP contribution in [0.1, 0.15) is 42.7 Å². The van der Waals surface area contributed by atoms with E-state index >= 15 is 0 Å². The molecule has 1 aliphatic rings. The number of rotatable bonds is 5. The van der Waals surface area contributed by atoms with Gasteiger partial charge in [-0.3, -0.25) is 0 Å². The molecule has 1 aromatic carbocycles. The Bertz CT molecular complexity index is 837. The Morgan fingerprint density at radius 1 is 1.15 bits per heavy atom. The molecule has 0 bridgehead atoms. The van der Waals surface area contributed by atoms with Crippen molar-refractivity contribution in [3.63, 3.8) is 0 Å². The molecule has 1 fully saturated rings. The summed E-state index contributed by atoms with van der Waals surface area (Å²) in [5.41, 5.74) is 3.59. The van der Waals surface area contributed by atoms with Gasteiger partial charge in [-0.25, -0.2) is 4.98 Å². The third kappa shape index (κ3) is 3.53. The quantitative estimate of drug-likeness (QED) is 0.734. The number of hydrogen-bond acceptors (Lipinski definition) is 3. The first-order chi connectivity index (χ1) is 12.7. The summed E-state index contributed by atoms with van der Waals surface area (Å²) in [5, 5.41) is 11.9. The van der Waals surface area contributed by atoms with Crippen molar-refractivity contribution < 1.29 is 5.11 Å². The fourth-order valence-corrected chi connectivity index (χ4v) is 4.14. The van der Waals surface area contributed by atoms with Gasteiger partial charge in [-0.15, -0.1) is 0 Å². The molecule has 0 saturated carbocycles. The van der Waals surface area contributed by atoms with E-state index in [0.29, 0.717) is 5.92 Å². The van der Waals surface area contributed by atoms with E-state index in [1.54, 1.807) is 0 Å². The predicted octanol–water partition coefficient (Wildman–Crippen LogP) is 3.91. The van der Waals surface area contributed by atoms with E-state index in [1.807, 2.05) is 30.5 Å². The van der Waals surface area contributed by atoms with Crippen LogP contribution in [0.2, 0.25) is 0 Å². The summed E-state index contributed by atoms with van der Waals surface area (Å²) < 4.78 is 0. The van der Waals surface area contributed by atoms with E-state index in [4.69, 9.17) is 0 Å². The van der Waals surface area contributed by atoms with Gasteiger partial charge < -0.3 is 15.0 Å². The van der Waals surface area contributed by atoms with Crippen LogP contribution in [0, 0.1) is 0 Å². The summed E-state index contributed by atoms with van der Waals surface area (Å²) in [6.45, 7) is 4.94. The zero-order valence-electron chi connectivity index (χ0n) is 15.3. The highest BCUT2D eigenvalue weighted by Crippen LogP contribution is 2.33. The fourth-order valence-electron chi connectivity index (χ4n) is 4.14. The number of aliphatic hydroxyl groups excluding tert-OH is 1. The highest BCUT2D eigenvalue weighted by Gasteiger charge is 2.26. The maximum absolute atomic E-state index is 10.7. The Morgan fingerprint density at radius 3 is 2.69 bits per heavy atom. The number of piperidine rings is 1. The fraction of sp³-hybridized carbons (Fsp3) is 0.409. The Kier molecular flexibility index (Phi) is 5.05. The zero-order chi connectivity index (χ0) is 17.9. The first-order valence-corrected chi connectivity index (χ1v) is 9.59. The second kappa shape index (κ2) is 7.60. The highest BCUT2D eigenvalue weighted by atomic mass is 16.3. The normalized spacial score (nSPS) is 18.8. The van der Waals surface area contributed by atoms with Crippen LogP contribution >= 0.6 is 0 Å². The first-order valence-electron chi connectivity index (χ1n) is 9.59. The van der Waals surface area contributed by atoms with Crippen LogP contribution in [-0.4, -0.2) is 45.7 Å². The standard InChI is InChI=1S/C22H27N3O/c1-16(17-6-3-2-4-7-17)21(26)15-25-12-9-18(10-13-25)20-14-24-22-19(20)8-5-11-23-22/h2-8,11,14,16,18,21,26H,9-10,12-13,15H2,1H3,(H,23,24)/t16-,21-/m1/s1. The predicted molar refractivity (Wildman–Crippen MR) is 105 cm³/mol. The highest BCUT2D eigenvalue weighted by molar-refractivity contribution is 5.80. The molecule has 2 atom stereocenters. The van der Waals surface area contributed by atoms with Crippen LogP contribution in [0.3, 0.4) is 0 Å². The lowest BCUT2D eigenvalue weighted by Crippen LogP contribution is -2.40. The molecule has 0 spiro atoms. The van der Waals surface area contributed by atoms with Gasteiger partial charge >= 0.3 is 0 Å². The average molecular weight is 349 g/mol. The monoisotopic (exact) mass is 349 g/mol. The van der Waals surface area contributed by atoms with Crippen molar-refractivity contribution in [2.75, 3.05) is 19.6 Å². The van der Waals surface area contributed by atoms with Gasteiger partial charge in [-0.05, 0) is 55.1 Å². The van der Waals surface area contributed by atoms with Crippen LogP contribution in [0.4, 0.5) is 0 Å². The van der Waals surface area contributed by atoms with Gasteiger partial charge in [0.05, 0.1) is 6.10 Å². The Balaban J connectivity index is 1.35. The number of fused-ring (bicyclic) bond motifs is 1. The van der Waals surface area contributed by atoms with E-state index in [1.165, 1.54) is 16.5 Å². The number of H-pyrrole nitrogens is 1. The van der Waals surface area contributed by atoms with Gasteiger partial charge in [0.1, 0.15) is 5.65 Å². The van der Waals surface area contributed by atoms with Crippen molar-refractivity contribution in [3.8, 4) is 0 Å². The molecule has 0 radical (unpaired) electrons. The third-order valence-electron chi connectivity index (χ3n) is 5.86. The first kappa shape index (κ1) is 17.3. The van der Waals surface area contributed by atoms with Gasteiger partial charge in [0.25, 0.3) is 0 Å². The lowest BCUT2D eigenvalue weighted by atomic mass is 9.88. The van der Waals surface area contributed by atoms with Crippen molar-refractivity contribution in [3.05, 3.63) is 66.0 Å². The van der Waals surface area contributed by atoms with E-state index < -0.39 is 0 Å². The Hall–Kier alpha value is -2.17. The summed E-state index contributed by atoms with van der Waals surface area (Å²) in [7, 11) is 0. The molecule has 2 aromatic heterocycles. The van der Waals surface area contributed by atoms with Gasteiger partial charge in [0, 0.05) is 30.2 Å². The summed E-state index contributed by atoms with van der Waals surface area (Å²) in [6, 6.07) is 14.5. The third-order valence-corrected chi connectivity index (χ3v) is 5.86. The van der Waals surface area contributed by atoms with Crippen molar-refractivity contribution >= 4 is 11.0 Å². The molecule has 1 aliphatic heterocycles. The molecule has 1 saturated heterocycles. The molecule has 0 amide bonds. The number of β-amino-alcohol motifs (C(OH)–C–C–N with tert-alkyl or cyclic N) is 1. The number of nitrogens with zero attached hydrogens (tertiary/aromatic N) is 2. The van der Waals surface area contributed by atoms with E-state index in [9.17, 15) is 5.11 Å². The van der Waals surface area contributed by atoms with Gasteiger partial charge in [0.15, 0.2) is 0 Å². The number of aromatic nitrogens is 2. The van der Waals surface area contributed by atoms with Crippen molar-refractivity contribution in [2.24, 2.45) is 0 Å². The molecule has 4 heteroatoms. The summed E-state index contributed by atoms with van der Waals surface area (Å²) in [5.74, 6) is 0.738. The zero-order valence-corrected chi connectivity index (χ0v) is 15.3. The SMILES string of the molecule is C[C@H](c1ccccc1)[C@H](O)CN1CCC(c2c[nH]c3ncccc23)CC1. The summed E-state index contributed by atoms with van der Waals surface area (Å²) in [4.78, 5) is 10.1. The minimum Gasteiger partial charge on any atom is -0.391 e. The number of nitrogens with one attached hydrogen (secondary N) is 1. The second-order valence-corrected chi connectivity index (χ2v) is 7.49. The summed E-state index contributed by atoms with van der Waals surface area (Å²) >= 11 is 0. The van der Waals surface area contributed by atoms with E-state index in [0.717, 1.165) is 38.1 Å². The largest absolute Gasteiger partial charge is 0.391 e.